The Kier molecular flexibility index (Phi) is 5.17. The number of β-amino-alcohol motifs (C(OH)–C–C–N with tert-alkyl or cyclic N) is 1. The van der Waals surface area contributed by atoms with Gasteiger partial charge in [-0.05, 0) is 81.4 Å². The van der Waals surface area contributed by atoms with E-state index < -0.39 is 6.10 Å². The fraction of sp³-hybridized carbons (Fsp3) is 0.682. The molecular formula is C22H31NO4. The molecule has 1 unspecified atom stereocenters. The molecule has 2 N–H and O–H groups in total. The van der Waals surface area contributed by atoms with E-state index in [0.29, 0.717) is 23.6 Å². The number of nitrogens with one attached hydrogen (secondary N) is 1. The number of benzene rings is 1. The van der Waals surface area contributed by atoms with Crippen molar-refractivity contribution in [2.24, 2.45) is 17.8 Å². The van der Waals surface area contributed by atoms with E-state index in [0.717, 1.165) is 17.8 Å². The highest BCUT2D eigenvalue weighted by Crippen LogP contribution is 2.55. The lowest BCUT2D eigenvalue weighted by molar-refractivity contribution is -0.0267. The van der Waals surface area contributed by atoms with E-state index >= 15 is 0 Å². The van der Waals surface area contributed by atoms with Gasteiger partial charge in [-0.25, -0.2) is 0 Å². The molecule has 4 aliphatic rings. The second kappa shape index (κ2) is 7.44. The summed E-state index contributed by atoms with van der Waals surface area (Å²) in [5.41, 5.74) is 0.833. The number of carbonyl (C=O) groups excluding carboxylic acids is 1. The van der Waals surface area contributed by atoms with Crippen molar-refractivity contribution in [1.29, 1.82) is 0 Å². The predicted octanol–water partition coefficient (Wildman–Crippen LogP) is 3.20. The van der Waals surface area contributed by atoms with Crippen LogP contribution in [-0.4, -0.2) is 42.8 Å². The van der Waals surface area contributed by atoms with Crippen molar-refractivity contribution in [2.75, 3.05) is 20.3 Å². The normalized spacial score (nSPS) is 32.3. The fourth-order valence-corrected chi connectivity index (χ4v) is 5.91. The summed E-state index contributed by atoms with van der Waals surface area (Å²) in [6, 6.07) is 5.13. The summed E-state index contributed by atoms with van der Waals surface area (Å²) in [4.78, 5) is 11.5. The Morgan fingerprint density at radius 1 is 1.19 bits per heavy atom. The predicted molar refractivity (Wildman–Crippen MR) is 103 cm³/mol. The van der Waals surface area contributed by atoms with E-state index in [1.165, 1.54) is 45.4 Å². The summed E-state index contributed by atoms with van der Waals surface area (Å²) < 4.78 is 11.1. The van der Waals surface area contributed by atoms with Gasteiger partial charge in [-0.2, -0.15) is 0 Å². The zero-order chi connectivity index (χ0) is 19.0. The maximum Gasteiger partial charge on any atom is 0.161 e. The molecule has 1 aromatic carbocycles. The molecule has 4 aliphatic carbocycles. The molecule has 4 fully saturated rings. The maximum absolute atomic E-state index is 11.5. The smallest absolute Gasteiger partial charge is 0.161 e. The molecule has 0 radical (unpaired) electrons. The van der Waals surface area contributed by atoms with Crippen LogP contribution in [0.1, 0.15) is 55.8 Å². The van der Waals surface area contributed by atoms with Crippen LogP contribution < -0.4 is 14.8 Å². The van der Waals surface area contributed by atoms with Gasteiger partial charge in [-0.15, -0.1) is 0 Å². The van der Waals surface area contributed by atoms with E-state index in [-0.39, 0.29) is 17.9 Å². The number of rotatable bonds is 8. The van der Waals surface area contributed by atoms with Gasteiger partial charge in [-0.3, -0.25) is 4.79 Å². The highest BCUT2D eigenvalue weighted by atomic mass is 16.5. The van der Waals surface area contributed by atoms with Crippen LogP contribution in [0, 0.1) is 17.8 Å². The molecule has 148 valence electrons. The van der Waals surface area contributed by atoms with E-state index in [4.69, 9.17) is 9.47 Å². The Morgan fingerprint density at radius 3 is 2.37 bits per heavy atom. The van der Waals surface area contributed by atoms with E-state index in [9.17, 15) is 9.90 Å². The summed E-state index contributed by atoms with van der Waals surface area (Å²) >= 11 is 0. The topological polar surface area (TPSA) is 67.8 Å². The quantitative estimate of drug-likeness (QED) is 0.685. The molecule has 5 nitrogen and oxygen atoms in total. The van der Waals surface area contributed by atoms with Crippen LogP contribution in [0.3, 0.4) is 0 Å². The number of ketones is 1. The van der Waals surface area contributed by atoms with Crippen LogP contribution in [0.25, 0.3) is 0 Å². The first kappa shape index (κ1) is 18.8. The van der Waals surface area contributed by atoms with Crippen molar-refractivity contribution in [3.05, 3.63) is 23.8 Å². The van der Waals surface area contributed by atoms with Crippen molar-refractivity contribution < 1.29 is 19.4 Å². The van der Waals surface area contributed by atoms with Gasteiger partial charge in [0.15, 0.2) is 17.3 Å². The van der Waals surface area contributed by atoms with Crippen molar-refractivity contribution >= 4 is 5.78 Å². The highest BCUT2D eigenvalue weighted by molar-refractivity contribution is 5.94. The zero-order valence-electron chi connectivity index (χ0n) is 16.4. The third-order valence-electron chi connectivity index (χ3n) is 6.75. The molecule has 0 saturated heterocycles. The highest BCUT2D eigenvalue weighted by Gasteiger charge is 2.50. The van der Waals surface area contributed by atoms with Gasteiger partial charge < -0.3 is 19.9 Å². The Hall–Kier alpha value is -1.59. The minimum atomic E-state index is -0.574. The van der Waals surface area contributed by atoms with Crippen LogP contribution in [0.2, 0.25) is 0 Å². The van der Waals surface area contributed by atoms with Crippen LogP contribution in [0.4, 0.5) is 0 Å². The number of methoxy groups -OCH3 is 1. The third-order valence-corrected chi connectivity index (χ3v) is 6.75. The first-order valence-corrected chi connectivity index (χ1v) is 10.2. The molecule has 0 aromatic heterocycles. The van der Waals surface area contributed by atoms with Gasteiger partial charge in [0.25, 0.3) is 0 Å². The summed E-state index contributed by atoms with van der Waals surface area (Å²) in [5, 5.41) is 14.1. The Labute approximate surface area is 161 Å². The Balaban J connectivity index is 1.30. The Bertz CT molecular complexity index is 666. The van der Waals surface area contributed by atoms with Gasteiger partial charge in [0.2, 0.25) is 0 Å². The van der Waals surface area contributed by atoms with Crippen LogP contribution in [-0.2, 0) is 0 Å². The number of carbonyl (C=O) groups is 1. The number of hydrogen-bond acceptors (Lipinski definition) is 5. The molecule has 0 amide bonds. The average molecular weight is 373 g/mol. The number of ether oxygens (including phenoxy) is 2. The maximum atomic E-state index is 11.5. The van der Waals surface area contributed by atoms with Gasteiger partial charge in [-0.1, -0.05) is 0 Å². The van der Waals surface area contributed by atoms with Gasteiger partial charge in [0.1, 0.15) is 12.7 Å². The van der Waals surface area contributed by atoms with E-state index in [1.54, 1.807) is 25.3 Å². The molecule has 0 spiro atoms. The van der Waals surface area contributed by atoms with E-state index in [1.807, 2.05) is 0 Å². The van der Waals surface area contributed by atoms with Gasteiger partial charge >= 0.3 is 0 Å². The zero-order valence-corrected chi connectivity index (χ0v) is 16.4. The lowest BCUT2D eigenvalue weighted by Crippen LogP contribution is -2.59. The number of hydrogen-bond donors (Lipinski definition) is 2. The molecule has 4 saturated carbocycles. The minimum Gasteiger partial charge on any atom is -0.493 e. The molecule has 5 heteroatoms. The summed E-state index contributed by atoms with van der Waals surface area (Å²) in [7, 11) is 1.55. The first-order chi connectivity index (χ1) is 13.0. The van der Waals surface area contributed by atoms with Gasteiger partial charge in [0, 0.05) is 17.6 Å². The third kappa shape index (κ3) is 3.99. The lowest BCUT2D eigenvalue weighted by atomic mass is 9.53. The van der Waals surface area contributed by atoms with Crippen LogP contribution >= 0.6 is 0 Å². The molecular weight excluding hydrogens is 342 g/mol. The average Bonchev–Trinajstić information content (AvgIpc) is 2.63. The fourth-order valence-electron chi connectivity index (χ4n) is 5.91. The van der Waals surface area contributed by atoms with Crippen molar-refractivity contribution in [2.45, 2.75) is 57.1 Å². The van der Waals surface area contributed by atoms with Crippen LogP contribution in [0.15, 0.2) is 18.2 Å². The summed E-state index contributed by atoms with van der Waals surface area (Å²) in [6.07, 6.45) is 7.50. The first-order valence-electron chi connectivity index (χ1n) is 10.2. The summed E-state index contributed by atoms with van der Waals surface area (Å²) in [6.45, 7) is 2.28. The molecule has 4 bridgehead atoms. The standard InChI is InChI=1S/C22H31NO4/c1-14(24)18-3-4-20(21(8-18)26-2)27-13-19(25)12-23-22-9-15-5-16(10-22)7-17(6-15)11-22/h3-4,8,15-17,19,23,25H,5-7,9-13H2,1-2H3. The molecule has 1 aromatic rings. The molecule has 0 aliphatic heterocycles. The second-order valence-electron chi connectivity index (χ2n) is 8.97. The lowest BCUT2D eigenvalue weighted by Gasteiger charge is -2.57. The molecule has 27 heavy (non-hydrogen) atoms. The van der Waals surface area contributed by atoms with Crippen molar-refractivity contribution in [3.8, 4) is 11.5 Å². The van der Waals surface area contributed by atoms with Gasteiger partial charge in [0.05, 0.1) is 7.11 Å². The minimum absolute atomic E-state index is 0.0142. The number of Topliss-reactive ketones (excluding diaryl/α,β-unsaturated/α-hetero) is 1. The van der Waals surface area contributed by atoms with E-state index in [2.05, 4.69) is 5.32 Å². The van der Waals surface area contributed by atoms with Crippen molar-refractivity contribution in [1.82, 2.24) is 5.32 Å². The second-order valence-corrected chi connectivity index (χ2v) is 8.97. The Morgan fingerprint density at radius 2 is 1.81 bits per heavy atom. The number of aliphatic hydroxyl groups is 1. The number of aliphatic hydroxyl groups excluding tert-OH is 1. The largest absolute Gasteiger partial charge is 0.493 e. The van der Waals surface area contributed by atoms with Crippen molar-refractivity contribution in [3.63, 3.8) is 0 Å². The van der Waals surface area contributed by atoms with Crippen LogP contribution in [0.5, 0.6) is 11.5 Å². The molecule has 5 rings (SSSR count). The summed E-state index contributed by atoms with van der Waals surface area (Å²) in [5.74, 6) is 3.73. The SMILES string of the molecule is COc1cc(C(C)=O)ccc1OCC(O)CNC12CC3CC(CC(C3)C1)C2. The monoisotopic (exact) mass is 373 g/mol. The molecule has 0 heterocycles. The molecule has 1 atom stereocenters.